The van der Waals surface area contributed by atoms with E-state index in [-0.39, 0.29) is 11.2 Å². The van der Waals surface area contributed by atoms with E-state index in [0.717, 1.165) is 35.4 Å². The molecule has 0 aromatic carbocycles. The normalized spacial score (nSPS) is 12.7. The molecule has 0 fully saturated rings. The van der Waals surface area contributed by atoms with Crippen LogP contribution in [0.15, 0.2) is 17.6 Å². The van der Waals surface area contributed by atoms with Crippen molar-refractivity contribution in [2.24, 2.45) is 5.73 Å². The first-order valence-electron chi connectivity index (χ1n) is 7.03. The van der Waals surface area contributed by atoms with Gasteiger partial charge < -0.3 is 10.3 Å². The molecule has 2 aromatic heterocycles. The average molecular weight is 327 g/mol. The monoisotopic (exact) mass is 326 g/mol. The smallest absolute Gasteiger partial charge is 0.230 e. The number of carbonyl (C=O) groups is 1. The molecule has 1 unspecified atom stereocenters. The third-order valence-electron chi connectivity index (χ3n) is 3.26. The average Bonchev–Trinajstić information content (AvgIpc) is 2.89. The van der Waals surface area contributed by atoms with Crippen LogP contribution < -0.4 is 5.73 Å². The van der Waals surface area contributed by atoms with Gasteiger partial charge in [0.05, 0.1) is 16.6 Å². The number of fused-ring (bicyclic) bond motifs is 1. The van der Waals surface area contributed by atoms with Crippen LogP contribution in [-0.4, -0.2) is 25.7 Å². The Kier molecular flexibility index (Phi) is 5.47. The Labute approximate surface area is 133 Å². The molecule has 0 aliphatic carbocycles. The standard InChI is InChI=1S/C14H19ClN4OS/c1-3-5-6-19-8-18-11-9(15)7-17-14(12(11)19)21-10(4-2)13(16)20/h7-8,10H,3-6H2,1-2H3,(H2,16,20). The second-order valence-corrected chi connectivity index (χ2v) is 6.42. The Bertz CT molecular complexity index is 643. The molecule has 21 heavy (non-hydrogen) atoms. The van der Waals surface area contributed by atoms with E-state index < -0.39 is 0 Å². The third-order valence-corrected chi connectivity index (χ3v) is 4.91. The summed E-state index contributed by atoms with van der Waals surface area (Å²) in [6.45, 7) is 4.93. The molecule has 0 saturated carbocycles. The maximum atomic E-state index is 11.5. The van der Waals surface area contributed by atoms with Crippen molar-refractivity contribution in [2.45, 2.75) is 49.9 Å². The molecule has 0 radical (unpaired) electrons. The topological polar surface area (TPSA) is 73.8 Å². The van der Waals surface area contributed by atoms with Crippen molar-refractivity contribution in [3.63, 3.8) is 0 Å². The van der Waals surface area contributed by atoms with Gasteiger partial charge in [0.15, 0.2) is 0 Å². The SMILES string of the molecule is CCCCn1cnc2c(Cl)cnc(SC(CC)C(N)=O)c21. The minimum Gasteiger partial charge on any atom is -0.369 e. The zero-order chi connectivity index (χ0) is 15.4. The van der Waals surface area contributed by atoms with Crippen molar-refractivity contribution in [1.29, 1.82) is 0 Å². The molecule has 2 heterocycles. The van der Waals surface area contributed by atoms with E-state index in [1.165, 1.54) is 11.8 Å². The van der Waals surface area contributed by atoms with Gasteiger partial charge in [-0.15, -0.1) is 0 Å². The highest BCUT2D eigenvalue weighted by Gasteiger charge is 2.20. The number of nitrogens with two attached hydrogens (primary N) is 1. The zero-order valence-electron chi connectivity index (χ0n) is 12.2. The summed E-state index contributed by atoms with van der Waals surface area (Å²) in [5.74, 6) is -0.327. The van der Waals surface area contributed by atoms with Gasteiger partial charge in [-0.25, -0.2) is 9.97 Å². The second-order valence-electron chi connectivity index (χ2n) is 4.82. The maximum absolute atomic E-state index is 11.5. The predicted octanol–water partition coefficient (Wildman–Crippen LogP) is 3.24. The van der Waals surface area contributed by atoms with E-state index in [0.29, 0.717) is 11.4 Å². The minimum absolute atomic E-state index is 0.295. The van der Waals surface area contributed by atoms with Crippen molar-refractivity contribution in [3.8, 4) is 0 Å². The molecule has 0 spiro atoms. The highest BCUT2D eigenvalue weighted by molar-refractivity contribution is 8.00. The van der Waals surface area contributed by atoms with Gasteiger partial charge in [0, 0.05) is 12.7 Å². The number of aromatic nitrogens is 3. The molecule has 114 valence electrons. The summed E-state index contributed by atoms with van der Waals surface area (Å²) in [5, 5.41) is 0.988. The number of nitrogens with zero attached hydrogens (tertiary/aromatic N) is 3. The lowest BCUT2D eigenvalue weighted by atomic mass is 10.3. The van der Waals surface area contributed by atoms with Crippen molar-refractivity contribution in [3.05, 3.63) is 17.5 Å². The fourth-order valence-electron chi connectivity index (χ4n) is 2.08. The molecule has 2 rings (SSSR count). The molecule has 1 atom stereocenters. The number of thioether (sulfide) groups is 1. The Balaban J connectivity index is 2.44. The number of halogens is 1. The summed E-state index contributed by atoms with van der Waals surface area (Å²) >= 11 is 7.55. The van der Waals surface area contributed by atoms with Crippen molar-refractivity contribution < 1.29 is 4.79 Å². The number of aryl methyl sites for hydroxylation is 1. The highest BCUT2D eigenvalue weighted by atomic mass is 35.5. The third kappa shape index (κ3) is 3.49. The highest BCUT2D eigenvalue weighted by Crippen LogP contribution is 2.33. The predicted molar refractivity (Wildman–Crippen MR) is 86.6 cm³/mol. The van der Waals surface area contributed by atoms with Gasteiger partial charge in [0.2, 0.25) is 5.91 Å². The van der Waals surface area contributed by atoms with Crippen LogP contribution in [0.5, 0.6) is 0 Å². The van der Waals surface area contributed by atoms with Crippen molar-refractivity contribution in [1.82, 2.24) is 14.5 Å². The Morgan fingerprint density at radius 3 is 2.86 bits per heavy atom. The molecule has 0 aliphatic rings. The molecule has 2 N–H and O–H groups in total. The van der Waals surface area contributed by atoms with E-state index in [2.05, 4.69) is 16.9 Å². The molecule has 5 nitrogen and oxygen atoms in total. The Hall–Kier alpha value is -1.27. The van der Waals surface area contributed by atoms with Gasteiger partial charge in [0.25, 0.3) is 0 Å². The molecular formula is C14H19ClN4OS. The van der Waals surface area contributed by atoms with Gasteiger partial charge in [-0.05, 0) is 12.8 Å². The fourth-order valence-corrected chi connectivity index (χ4v) is 3.26. The van der Waals surface area contributed by atoms with E-state index in [4.69, 9.17) is 17.3 Å². The quantitative estimate of drug-likeness (QED) is 0.793. The largest absolute Gasteiger partial charge is 0.369 e. The summed E-state index contributed by atoms with van der Waals surface area (Å²) in [7, 11) is 0. The molecule has 2 aromatic rings. The number of amides is 1. The number of hydrogen-bond acceptors (Lipinski definition) is 4. The molecule has 0 saturated heterocycles. The van der Waals surface area contributed by atoms with Crippen LogP contribution >= 0.6 is 23.4 Å². The lowest BCUT2D eigenvalue weighted by Crippen LogP contribution is -2.25. The van der Waals surface area contributed by atoms with E-state index in [1.54, 1.807) is 12.5 Å². The molecule has 1 amide bonds. The van der Waals surface area contributed by atoms with Crippen molar-refractivity contribution in [2.75, 3.05) is 0 Å². The van der Waals surface area contributed by atoms with Gasteiger partial charge in [0.1, 0.15) is 16.1 Å². The lowest BCUT2D eigenvalue weighted by Gasteiger charge is -2.12. The van der Waals surface area contributed by atoms with Crippen LogP contribution in [0.4, 0.5) is 0 Å². The van der Waals surface area contributed by atoms with Gasteiger partial charge in [-0.1, -0.05) is 43.6 Å². The Morgan fingerprint density at radius 2 is 2.24 bits per heavy atom. The summed E-state index contributed by atoms with van der Waals surface area (Å²) < 4.78 is 2.05. The minimum atomic E-state index is -0.327. The zero-order valence-corrected chi connectivity index (χ0v) is 13.7. The van der Waals surface area contributed by atoms with Crippen LogP contribution in [0.25, 0.3) is 11.0 Å². The fraction of sp³-hybridized carbons (Fsp3) is 0.500. The lowest BCUT2D eigenvalue weighted by molar-refractivity contribution is -0.117. The van der Waals surface area contributed by atoms with Crippen LogP contribution in [-0.2, 0) is 11.3 Å². The maximum Gasteiger partial charge on any atom is 0.230 e. The van der Waals surface area contributed by atoms with Crippen molar-refractivity contribution >= 4 is 40.3 Å². The first kappa shape index (κ1) is 16.1. The Morgan fingerprint density at radius 1 is 1.48 bits per heavy atom. The molecule has 0 bridgehead atoms. The van der Waals surface area contributed by atoms with Gasteiger partial charge in [-0.2, -0.15) is 0 Å². The number of hydrogen-bond donors (Lipinski definition) is 1. The van der Waals surface area contributed by atoms with Crippen LogP contribution in [0.1, 0.15) is 33.1 Å². The summed E-state index contributed by atoms with van der Waals surface area (Å²) in [4.78, 5) is 20.2. The van der Waals surface area contributed by atoms with E-state index >= 15 is 0 Å². The van der Waals surface area contributed by atoms with Crippen LogP contribution in [0.2, 0.25) is 5.02 Å². The number of rotatable bonds is 7. The van der Waals surface area contributed by atoms with Crippen LogP contribution in [0, 0.1) is 0 Å². The van der Waals surface area contributed by atoms with Gasteiger partial charge in [-0.3, -0.25) is 4.79 Å². The molecule has 0 aliphatic heterocycles. The number of carbonyl (C=O) groups excluding carboxylic acids is 1. The number of imidazole rings is 1. The summed E-state index contributed by atoms with van der Waals surface area (Å²) in [5.41, 5.74) is 7.04. The molecular weight excluding hydrogens is 308 g/mol. The molecule has 7 heteroatoms. The summed E-state index contributed by atoms with van der Waals surface area (Å²) in [6.07, 6.45) is 6.17. The number of primary amides is 1. The van der Waals surface area contributed by atoms with Crippen LogP contribution in [0.3, 0.4) is 0 Å². The van der Waals surface area contributed by atoms with E-state index in [1.807, 2.05) is 11.5 Å². The number of unbranched alkanes of at least 4 members (excludes halogenated alkanes) is 1. The number of pyridine rings is 1. The summed E-state index contributed by atoms with van der Waals surface area (Å²) in [6, 6.07) is 0. The van der Waals surface area contributed by atoms with E-state index in [9.17, 15) is 4.79 Å². The second kappa shape index (κ2) is 7.13. The van der Waals surface area contributed by atoms with Gasteiger partial charge >= 0.3 is 0 Å². The first-order valence-corrected chi connectivity index (χ1v) is 8.29. The first-order chi connectivity index (χ1) is 10.1.